The zero-order valence-corrected chi connectivity index (χ0v) is 10.3. The number of para-hydroxylation sites is 1. The largest absolute Gasteiger partial charge is 0.493 e. The summed E-state index contributed by atoms with van der Waals surface area (Å²) in [6.07, 6.45) is 2.72. The molecule has 0 saturated heterocycles. The fraction of sp³-hybridized carbons (Fsp3) is 0.286. The number of fused-ring (bicyclic) bond motifs is 1. The first-order valence-electron chi connectivity index (χ1n) is 6.11. The van der Waals surface area contributed by atoms with Gasteiger partial charge in [-0.1, -0.05) is 18.2 Å². The van der Waals surface area contributed by atoms with Crippen molar-refractivity contribution in [3.05, 3.63) is 47.9 Å². The first-order chi connectivity index (χ1) is 8.83. The molecule has 1 atom stereocenters. The van der Waals surface area contributed by atoms with E-state index >= 15 is 0 Å². The molecule has 1 aromatic heterocycles. The van der Waals surface area contributed by atoms with Crippen molar-refractivity contribution in [2.75, 3.05) is 11.9 Å². The summed E-state index contributed by atoms with van der Waals surface area (Å²) in [5.41, 5.74) is 1.19. The van der Waals surface area contributed by atoms with Gasteiger partial charge in [0.1, 0.15) is 17.4 Å². The number of hydrogen-bond acceptors (Lipinski definition) is 4. The molecular weight excluding hydrogens is 226 g/mol. The fourth-order valence-electron chi connectivity index (χ4n) is 2.21. The first kappa shape index (κ1) is 11.0. The summed E-state index contributed by atoms with van der Waals surface area (Å²) < 4.78 is 5.64. The van der Waals surface area contributed by atoms with Gasteiger partial charge in [0.2, 0.25) is 0 Å². The van der Waals surface area contributed by atoms with Gasteiger partial charge in [-0.15, -0.1) is 0 Å². The van der Waals surface area contributed by atoms with Gasteiger partial charge in [-0.25, -0.2) is 9.97 Å². The summed E-state index contributed by atoms with van der Waals surface area (Å²) in [5, 5.41) is 3.45. The number of benzene rings is 1. The lowest BCUT2D eigenvalue weighted by molar-refractivity contribution is 0.274. The van der Waals surface area contributed by atoms with Gasteiger partial charge in [-0.3, -0.25) is 0 Å². The Balaban J connectivity index is 1.86. The lowest BCUT2D eigenvalue weighted by Gasteiger charge is -2.27. The molecule has 0 spiro atoms. The standard InChI is InChI=1S/C14H15N3O/c1-10-15-8-6-14(16-10)17-12-7-9-18-13-5-3-2-4-11(12)13/h2-6,8,12H,7,9H2,1H3,(H,15,16,17). The normalized spacial score (nSPS) is 17.7. The minimum absolute atomic E-state index is 0.254. The highest BCUT2D eigenvalue weighted by atomic mass is 16.5. The number of rotatable bonds is 2. The molecule has 0 bridgehead atoms. The van der Waals surface area contributed by atoms with E-state index in [2.05, 4.69) is 21.4 Å². The van der Waals surface area contributed by atoms with Crippen molar-refractivity contribution < 1.29 is 4.74 Å². The van der Waals surface area contributed by atoms with Crippen LogP contribution in [0.2, 0.25) is 0 Å². The van der Waals surface area contributed by atoms with E-state index in [1.54, 1.807) is 6.20 Å². The summed E-state index contributed by atoms with van der Waals surface area (Å²) in [6, 6.07) is 10.3. The van der Waals surface area contributed by atoms with Crippen molar-refractivity contribution in [1.29, 1.82) is 0 Å². The predicted octanol–water partition coefficient (Wildman–Crippen LogP) is 2.72. The summed E-state index contributed by atoms with van der Waals surface area (Å²) in [7, 11) is 0. The molecule has 1 aliphatic heterocycles. The minimum Gasteiger partial charge on any atom is -0.493 e. The van der Waals surface area contributed by atoms with E-state index in [4.69, 9.17) is 4.74 Å². The van der Waals surface area contributed by atoms with Gasteiger partial charge in [0.25, 0.3) is 0 Å². The van der Waals surface area contributed by atoms with E-state index < -0.39 is 0 Å². The third-order valence-corrected chi connectivity index (χ3v) is 3.06. The summed E-state index contributed by atoms with van der Waals surface area (Å²) in [5.74, 6) is 2.61. The van der Waals surface area contributed by atoms with Crippen LogP contribution in [0.15, 0.2) is 36.5 Å². The smallest absolute Gasteiger partial charge is 0.130 e. The Morgan fingerprint density at radius 2 is 2.17 bits per heavy atom. The molecule has 1 aliphatic rings. The second kappa shape index (κ2) is 4.64. The Kier molecular flexibility index (Phi) is 2.84. The molecule has 4 nitrogen and oxygen atoms in total. The van der Waals surface area contributed by atoms with E-state index in [1.165, 1.54) is 5.56 Å². The molecule has 1 N–H and O–H groups in total. The van der Waals surface area contributed by atoms with Crippen LogP contribution in [0.1, 0.15) is 23.9 Å². The van der Waals surface area contributed by atoms with Crippen LogP contribution in [0.5, 0.6) is 5.75 Å². The maximum absolute atomic E-state index is 5.64. The maximum atomic E-state index is 5.64. The van der Waals surface area contributed by atoms with Gasteiger partial charge in [0.15, 0.2) is 0 Å². The molecule has 2 heterocycles. The Bertz CT molecular complexity index is 556. The van der Waals surface area contributed by atoms with Crippen molar-refractivity contribution in [3.8, 4) is 5.75 Å². The van der Waals surface area contributed by atoms with Crippen molar-refractivity contribution in [2.45, 2.75) is 19.4 Å². The van der Waals surface area contributed by atoms with Crippen molar-refractivity contribution >= 4 is 5.82 Å². The topological polar surface area (TPSA) is 47.0 Å². The van der Waals surface area contributed by atoms with E-state index in [0.717, 1.165) is 30.4 Å². The maximum Gasteiger partial charge on any atom is 0.130 e. The molecule has 18 heavy (non-hydrogen) atoms. The van der Waals surface area contributed by atoms with Crippen LogP contribution in [-0.2, 0) is 0 Å². The molecule has 4 heteroatoms. The van der Waals surface area contributed by atoms with Gasteiger partial charge in [-0.2, -0.15) is 0 Å². The number of anilines is 1. The molecule has 0 radical (unpaired) electrons. The molecule has 0 saturated carbocycles. The highest BCUT2D eigenvalue weighted by molar-refractivity contribution is 5.44. The zero-order chi connectivity index (χ0) is 12.4. The Hall–Kier alpha value is -2.10. The number of nitrogens with zero attached hydrogens (tertiary/aromatic N) is 2. The van der Waals surface area contributed by atoms with Crippen LogP contribution in [0.3, 0.4) is 0 Å². The van der Waals surface area contributed by atoms with Crippen molar-refractivity contribution in [1.82, 2.24) is 9.97 Å². The van der Waals surface area contributed by atoms with Crippen LogP contribution in [0.4, 0.5) is 5.82 Å². The SMILES string of the molecule is Cc1nccc(NC2CCOc3ccccc32)n1. The van der Waals surface area contributed by atoms with Crippen LogP contribution in [0.25, 0.3) is 0 Å². The monoisotopic (exact) mass is 241 g/mol. The number of hydrogen-bond donors (Lipinski definition) is 1. The Labute approximate surface area is 106 Å². The van der Waals surface area contributed by atoms with Crippen LogP contribution >= 0.6 is 0 Å². The average molecular weight is 241 g/mol. The van der Waals surface area contributed by atoms with Crippen LogP contribution in [0, 0.1) is 6.92 Å². The highest BCUT2D eigenvalue weighted by Gasteiger charge is 2.20. The lowest BCUT2D eigenvalue weighted by Crippen LogP contribution is -2.20. The van der Waals surface area contributed by atoms with Gasteiger partial charge < -0.3 is 10.1 Å². The third kappa shape index (κ3) is 2.14. The molecule has 0 amide bonds. The molecule has 92 valence electrons. The van der Waals surface area contributed by atoms with Crippen molar-refractivity contribution in [3.63, 3.8) is 0 Å². The molecule has 3 rings (SSSR count). The number of aryl methyl sites for hydroxylation is 1. The second-order valence-corrected chi connectivity index (χ2v) is 4.36. The minimum atomic E-state index is 0.254. The molecule has 0 fully saturated rings. The number of aromatic nitrogens is 2. The van der Waals surface area contributed by atoms with Gasteiger partial charge in [-0.05, 0) is 19.1 Å². The summed E-state index contributed by atoms with van der Waals surface area (Å²) in [6.45, 7) is 2.63. The zero-order valence-electron chi connectivity index (χ0n) is 10.3. The lowest BCUT2D eigenvalue weighted by atomic mass is 10.0. The summed E-state index contributed by atoms with van der Waals surface area (Å²) >= 11 is 0. The average Bonchev–Trinajstić information content (AvgIpc) is 2.39. The van der Waals surface area contributed by atoms with Gasteiger partial charge in [0.05, 0.1) is 12.6 Å². The molecular formula is C14H15N3O. The second-order valence-electron chi connectivity index (χ2n) is 4.36. The quantitative estimate of drug-likeness (QED) is 0.878. The molecule has 1 unspecified atom stereocenters. The van der Waals surface area contributed by atoms with E-state index in [9.17, 15) is 0 Å². The molecule has 2 aromatic rings. The third-order valence-electron chi connectivity index (χ3n) is 3.06. The van der Waals surface area contributed by atoms with E-state index in [1.807, 2.05) is 31.2 Å². The number of ether oxygens (including phenoxy) is 1. The number of nitrogens with one attached hydrogen (secondary N) is 1. The van der Waals surface area contributed by atoms with Crippen LogP contribution in [-0.4, -0.2) is 16.6 Å². The Morgan fingerprint density at radius 3 is 3.06 bits per heavy atom. The summed E-state index contributed by atoms with van der Waals surface area (Å²) in [4.78, 5) is 8.48. The Morgan fingerprint density at radius 1 is 1.28 bits per heavy atom. The van der Waals surface area contributed by atoms with Crippen molar-refractivity contribution in [2.24, 2.45) is 0 Å². The molecule has 1 aromatic carbocycles. The van der Waals surface area contributed by atoms with Gasteiger partial charge in [0, 0.05) is 18.2 Å². The fourth-order valence-corrected chi connectivity index (χ4v) is 2.21. The first-order valence-corrected chi connectivity index (χ1v) is 6.11. The van der Waals surface area contributed by atoms with E-state index in [-0.39, 0.29) is 6.04 Å². The van der Waals surface area contributed by atoms with Crippen LogP contribution < -0.4 is 10.1 Å². The highest BCUT2D eigenvalue weighted by Crippen LogP contribution is 2.33. The van der Waals surface area contributed by atoms with E-state index in [0.29, 0.717) is 0 Å². The van der Waals surface area contributed by atoms with Gasteiger partial charge >= 0.3 is 0 Å². The predicted molar refractivity (Wildman–Crippen MR) is 69.7 cm³/mol. The molecule has 0 aliphatic carbocycles.